The standard InChI is InChI=1S/C11H14O/c1-3-4-11(12)10-7-5-9(2)6-8-10/h4-8,12H,3H2,1-2H3. The van der Waals surface area contributed by atoms with Crippen LogP contribution in [0.15, 0.2) is 30.3 Å². The lowest BCUT2D eigenvalue weighted by molar-refractivity contribution is 0.509. The van der Waals surface area contributed by atoms with Gasteiger partial charge in [0.25, 0.3) is 0 Å². The zero-order chi connectivity index (χ0) is 8.97. The van der Waals surface area contributed by atoms with Gasteiger partial charge in [-0.1, -0.05) is 36.8 Å². The van der Waals surface area contributed by atoms with Gasteiger partial charge in [-0.05, 0) is 19.4 Å². The summed E-state index contributed by atoms with van der Waals surface area (Å²) in [6.07, 6.45) is 2.67. The smallest absolute Gasteiger partial charge is 0.118 e. The van der Waals surface area contributed by atoms with Crippen LogP contribution in [0.4, 0.5) is 0 Å². The minimum Gasteiger partial charge on any atom is -0.508 e. The molecule has 1 heteroatoms. The third-order valence-electron chi connectivity index (χ3n) is 1.74. The zero-order valence-electron chi connectivity index (χ0n) is 7.54. The van der Waals surface area contributed by atoms with E-state index in [9.17, 15) is 5.11 Å². The molecule has 0 spiro atoms. The fourth-order valence-corrected chi connectivity index (χ4v) is 1.04. The highest BCUT2D eigenvalue weighted by Gasteiger charge is 1.95. The average molecular weight is 162 g/mol. The molecule has 0 saturated heterocycles. The first kappa shape index (κ1) is 8.85. The molecule has 64 valence electrons. The Bertz CT molecular complexity index is 270. The molecular weight excluding hydrogens is 148 g/mol. The van der Waals surface area contributed by atoms with Crippen LogP contribution in [0.5, 0.6) is 0 Å². The van der Waals surface area contributed by atoms with E-state index in [1.165, 1.54) is 5.56 Å². The highest BCUT2D eigenvalue weighted by Crippen LogP contribution is 2.12. The van der Waals surface area contributed by atoms with Crippen molar-refractivity contribution in [1.29, 1.82) is 0 Å². The lowest BCUT2D eigenvalue weighted by atomic mass is 10.1. The van der Waals surface area contributed by atoms with E-state index < -0.39 is 0 Å². The fraction of sp³-hybridized carbons (Fsp3) is 0.273. The summed E-state index contributed by atoms with van der Waals surface area (Å²) < 4.78 is 0. The van der Waals surface area contributed by atoms with Crippen molar-refractivity contribution in [3.63, 3.8) is 0 Å². The number of rotatable bonds is 2. The summed E-state index contributed by atoms with van der Waals surface area (Å²) in [4.78, 5) is 0. The van der Waals surface area contributed by atoms with Crippen LogP contribution in [0.1, 0.15) is 24.5 Å². The molecule has 0 bridgehead atoms. The second kappa shape index (κ2) is 3.96. The van der Waals surface area contributed by atoms with Gasteiger partial charge in [0, 0.05) is 5.56 Å². The van der Waals surface area contributed by atoms with E-state index in [-0.39, 0.29) is 0 Å². The molecule has 0 aliphatic carbocycles. The molecule has 0 radical (unpaired) electrons. The molecule has 0 aliphatic heterocycles. The largest absolute Gasteiger partial charge is 0.508 e. The number of aliphatic hydroxyl groups excluding tert-OH is 1. The SMILES string of the molecule is CCC=C(O)c1ccc(C)cc1. The van der Waals surface area contributed by atoms with E-state index in [0.29, 0.717) is 5.76 Å². The summed E-state index contributed by atoms with van der Waals surface area (Å²) in [7, 11) is 0. The van der Waals surface area contributed by atoms with Crippen molar-refractivity contribution in [2.24, 2.45) is 0 Å². The average Bonchev–Trinajstić information content (AvgIpc) is 2.06. The summed E-state index contributed by atoms with van der Waals surface area (Å²) in [5, 5.41) is 9.47. The number of benzene rings is 1. The minimum atomic E-state index is 0.373. The van der Waals surface area contributed by atoms with Crippen LogP contribution in [-0.2, 0) is 0 Å². The summed E-state index contributed by atoms with van der Waals surface area (Å²) in [6, 6.07) is 7.85. The molecule has 0 heterocycles. The summed E-state index contributed by atoms with van der Waals surface area (Å²) in [5.41, 5.74) is 2.10. The molecule has 0 fully saturated rings. The lowest BCUT2D eigenvalue weighted by Crippen LogP contribution is -1.82. The van der Waals surface area contributed by atoms with Gasteiger partial charge in [-0.25, -0.2) is 0 Å². The molecule has 0 atom stereocenters. The molecule has 1 nitrogen and oxygen atoms in total. The van der Waals surface area contributed by atoms with Gasteiger partial charge in [-0.3, -0.25) is 0 Å². The number of hydrogen-bond donors (Lipinski definition) is 1. The van der Waals surface area contributed by atoms with Crippen LogP contribution in [0.2, 0.25) is 0 Å². The van der Waals surface area contributed by atoms with E-state index in [0.717, 1.165) is 12.0 Å². The second-order valence-electron chi connectivity index (χ2n) is 2.86. The highest BCUT2D eigenvalue weighted by molar-refractivity contribution is 5.58. The predicted molar refractivity (Wildman–Crippen MR) is 52.1 cm³/mol. The minimum absolute atomic E-state index is 0.373. The molecule has 1 N–H and O–H groups in total. The first-order valence-electron chi connectivity index (χ1n) is 4.20. The molecular formula is C11H14O. The van der Waals surface area contributed by atoms with Gasteiger partial charge in [-0.2, -0.15) is 0 Å². The third-order valence-corrected chi connectivity index (χ3v) is 1.74. The topological polar surface area (TPSA) is 20.2 Å². The van der Waals surface area contributed by atoms with Gasteiger partial charge in [0.2, 0.25) is 0 Å². The normalized spacial score (nSPS) is 11.7. The van der Waals surface area contributed by atoms with E-state index in [1.807, 2.05) is 44.2 Å². The summed E-state index contributed by atoms with van der Waals surface area (Å²) in [5.74, 6) is 0.373. The maximum absolute atomic E-state index is 9.47. The fourth-order valence-electron chi connectivity index (χ4n) is 1.04. The highest BCUT2D eigenvalue weighted by atomic mass is 16.3. The Labute approximate surface area is 73.4 Å². The molecule has 1 aromatic rings. The van der Waals surface area contributed by atoms with Gasteiger partial charge >= 0.3 is 0 Å². The molecule has 0 aromatic heterocycles. The Kier molecular flexibility index (Phi) is 2.92. The van der Waals surface area contributed by atoms with Gasteiger partial charge in [0.15, 0.2) is 0 Å². The first-order chi connectivity index (χ1) is 5.74. The van der Waals surface area contributed by atoms with Crippen molar-refractivity contribution >= 4 is 5.76 Å². The molecule has 12 heavy (non-hydrogen) atoms. The maximum atomic E-state index is 9.47. The van der Waals surface area contributed by atoms with Crippen LogP contribution in [0.3, 0.4) is 0 Å². The maximum Gasteiger partial charge on any atom is 0.118 e. The second-order valence-corrected chi connectivity index (χ2v) is 2.86. The first-order valence-corrected chi connectivity index (χ1v) is 4.20. The van der Waals surface area contributed by atoms with Crippen LogP contribution in [0, 0.1) is 6.92 Å². The number of aryl methyl sites for hydroxylation is 1. The quantitative estimate of drug-likeness (QED) is 0.661. The van der Waals surface area contributed by atoms with Crippen molar-refractivity contribution in [2.45, 2.75) is 20.3 Å². The molecule has 0 unspecified atom stereocenters. The Morgan fingerprint density at radius 1 is 1.33 bits per heavy atom. The monoisotopic (exact) mass is 162 g/mol. The molecule has 0 saturated carbocycles. The van der Waals surface area contributed by atoms with Crippen LogP contribution in [0.25, 0.3) is 5.76 Å². The summed E-state index contributed by atoms with van der Waals surface area (Å²) >= 11 is 0. The van der Waals surface area contributed by atoms with Crippen molar-refractivity contribution in [1.82, 2.24) is 0 Å². The summed E-state index contributed by atoms with van der Waals surface area (Å²) in [6.45, 7) is 4.04. The molecule has 1 aromatic carbocycles. The van der Waals surface area contributed by atoms with E-state index >= 15 is 0 Å². The van der Waals surface area contributed by atoms with E-state index in [2.05, 4.69) is 0 Å². The number of aliphatic hydroxyl groups is 1. The number of hydrogen-bond acceptors (Lipinski definition) is 1. The molecule has 1 rings (SSSR count). The van der Waals surface area contributed by atoms with Crippen LogP contribution >= 0.6 is 0 Å². The van der Waals surface area contributed by atoms with Gasteiger partial charge < -0.3 is 5.11 Å². The zero-order valence-corrected chi connectivity index (χ0v) is 7.54. The van der Waals surface area contributed by atoms with Gasteiger partial charge in [0.1, 0.15) is 5.76 Å². The Balaban J connectivity index is 2.89. The van der Waals surface area contributed by atoms with Crippen molar-refractivity contribution < 1.29 is 5.11 Å². The van der Waals surface area contributed by atoms with Crippen molar-refractivity contribution in [3.8, 4) is 0 Å². The Morgan fingerprint density at radius 2 is 1.92 bits per heavy atom. The Morgan fingerprint density at radius 3 is 2.42 bits per heavy atom. The third kappa shape index (κ3) is 2.12. The predicted octanol–water partition coefficient (Wildman–Crippen LogP) is 3.30. The van der Waals surface area contributed by atoms with Crippen LogP contribution < -0.4 is 0 Å². The lowest BCUT2D eigenvalue weighted by Gasteiger charge is -1.99. The Hall–Kier alpha value is -1.24. The van der Waals surface area contributed by atoms with Crippen molar-refractivity contribution in [3.05, 3.63) is 41.5 Å². The molecule has 0 aliphatic rings. The van der Waals surface area contributed by atoms with E-state index in [1.54, 1.807) is 0 Å². The van der Waals surface area contributed by atoms with Gasteiger partial charge in [-0.15, -0.1) is 0 Å². The van der Waals surface area contributed by atoms with E-state index in [4.69, 9.17) is 0 Å². The van der Waals surface area contributed by atoms with Crippen molar-refractivity contribution in [2.75, 3.05) is 0 Å². The van der Waals surface area contributed by atoms with Crippen LogP contribution in [-0.4, -0.2) is 5.11 Å². The van der Waals surface area contributed by atoms with Gasteiger partial charge in [0.05, 0.1) is 0 Å². The molecule has 0 amide bonds. The number of allylic oxidation sites excluding steroid dienone is 1.